The summed E-state index contributed by atoms with van der Waals surface area (Å²) in [6, 6.07) is 8.25. The Morgan fingerprint density at radius 1 is 1.24 bits per heavy atom. The Bertz CT molecular complexity index is 691. The lowest BCUT2D eigenvalue weighted by atomic mass is 10.0. The molecule has 3 nitrogen and oxygen atoms in total. The molecule has 2 aromatic carbocycles. The summed E-state index contributed by atoms with van der Waals surface area (Å²) in [6.45, 7) is 1.51. The fourth-order valence-electron chi connectivity index (χ4n) is 2.08. The predicted molar refractivity (Wildman–Crippen MR) is 76.5 cm³/mol. The monoisotopic (exact) mass is 311 g/mol. The Hall–Kier alpha value is -2.01. The van der Waals surface area contributed by atoms with Crippen LogP contribution in [0, 0.1) is 28.7 Å². The van der Waals surface area contributed by atoms with Crippen molar-refractivity contribution in [2.45, 2.75) is 18.7 Å². The minimum atomic E-state index is -0.814. The van der Waals surface area contributed by atoms with Gasteiger partial charge in [0.1, 0.15) is 11.6 Å². The summed E-state index contributed by atoms with van der Waals surface area (Å²) in [5.41, 5.74) is 0.750. The van der Waals surface area contributed by atoms with Crippen molar-refractivity contribution in [2.75, 3.05) is 0 Å². The molecule has 0 aliphatic carbocycles. The van der Waals surface area contributed by atoms with E-state index >= 15 is 0 Å². The molecule has 0 N–H and O–H groups in total. The van der Waals surface area contributed by atoms with E-state index in [2.05, 4.69) is 0 Å². The van der Waals surface area contributed by atoms with Gasteiger partial charge in [-0.1, -0.05) is 18.2 Å². The summed E-state index contributed by atoms with van der Waals surface area (Å²) in [6.07, 6.45) is 0.0840. The third-order valence-corrected chi connectivity index (χ3v) is 3.59. The largest absolute Gasteiger partial charge is 0.272 e. The Kier molecular flexibility index (Phi) is 4.53. The van der Waals surface area contributed by atoms with Gasteiger partial charge in [-0.05, 0) is 25.0 Å². The molecule has 0 saturated heterocycles. The number of hydrogen-bond acceptors (Lipinski definition) is 2. The van der Waals surface area contributed by atoms with Crippen LogP contribution >= 0.6 is 11.6 Å². The molecule has 0 aromatic heterocycles. The van der Waals surface area contributed by atoms with Crippen LogP contribution in [-0.2, 0) is 6.42 Å². The maximum Gasteiger partial charge on any atom is 0.272 e. The average molecular weight is 312 g/mol. The zero-order valence-corrected chi connectivity index (χ0v) is 11.9. The van der Waals surface area contributed by atoms with Gasteiger partial charge in [0.25, 0.3) is 5.69 Å². The molecule has 0 bridgehead atoms. The summed E-state index contributed by atoms with van der Waals surface area (Å²) >= 11 is 6.16. The number of halogens is 3. The number of nitrogens with zero attached hydrogens (tertiary/aromatic N) is 1. The van der Waals surface area contributed by atoms with Crippen molar-refractivity contribution in [3.8, 4) is 0 Å². The minimum Gasteiger partial charge on any atom is -0.258 e. The second kappa shape index (κ2) is 6.18. The maximum atomic E-state index is 13.8. The van der Waals surface area contributed by atoms with Gasteiger partial charge in [-0.25, -0.2) is 8.78 Å². The van der Waals surface area contributed by atoms with E-state index in [4.69, 9.17) is 11.6 Å². The van der Waals surface area contributed by atoms with Gasteiger partial charge in [0.05, 0.1) is 10.3 Å². The predicted octanol–water partition coefficient (Wildman–Crippen LogP) is 4.70. The topological polar surface area (TPSA) is 43.1 Å². The van der Waals surface area contributed by atoms with Gasteiger partial charge >= 0.3 is 0 Å². The zero-order valence-electron chi connectivity index (χ0n) is 11.1. The van der Waals surface area contributed by atoms with E-state index in [1.54, 1.807) is 18.2 Å². The molecule has 0 amide bonds. The second-order valence-electron chi connectivity index (χ2n) is 4.68. The summed E-state index contributed by atoms with van der Waals surface area (Å²) in [5.74, 6) is -1.40. The molecule has 0 aliphatic rings. The molecule has 0 heterocycles. The summed E-state index contributed by atoms with van der Waals surface area (Å²) in [7, 11) is 0. The SMILES string of the molecule is Cc1cc(C(Cl)Cc2ccccc2[N+](=O)[O-])c(F)cc1F. The minimum absolute atomic E-state index is 0.0672. The summed E-state index contributed by atoms with van der Waals surface area (Å²) < 4.78 is 27.0. The maximum absolute atomic E-state index is 13.8. The zero-order chi connectivity index (χ0) is 15.6. The van der Waals surface area contributed by atoms with E-state index in [-0.39, 0.29) is 23.2 Å². The highest BCUT2D eigenvalue weighted by atomic mass is 35.5. The Balaban J connectivity index is 2.33. The smallest absolute Gasteiger partial charge is 0.258 e. The first-order chi connectivity index (χ1) is 9.90. The second-order valence-corrected chi connectivity index (χ2v) is 5.21. The molecule has 2 rings (SSSR count). The van der Waals surface area contributed by atoms with Crippen LogP contribution in [0.1, 0.15) is 22.1 Å². The Labute approximate surface area is 125 Å². The first-order valence-corrected chi connectivity index (χ1v) is 6.65. The van der Waals surface area contributed by atoms with Crippen LogP contribution in [0.2, 0.25) is 0 Å². The van der Waals surface area contributed by atoms with Gasteiger partial charge in [-0.2, -0.15) is 0 Å². The van der Waals surface area contributed by atoms with Crippen LogP contribution in [0.15, 0.2) is 36.4 Å². The quantitative estimate of drug-likeness (QED) is 0.466. The first kappa shape index (κ1) is 15.4. The lowest BCUT2D eigenvalue weighted by Gasteiger charge is -2.12. The Morgan fingerprint density at radius 2 is 1.90 bits per heavy atom. The third kappa shape index (κ3) is 3.36. The number of hydrogen-bond donors (Lipinski definition) is 0. The van der Waals surface area contributed by atoms with Crippen LogP contribution in [0.3, 0.4) is 0 Å². The number of nitro groups is 1. The van der Waals surface area contributed by atoms with Crippen LogP contribution < -0.4 is 0 Å². The number of rotatable bonds is 4. The van der Waals surface area contributed by atoms with Gasteiger partial charge in [0.2, 0.25) is 0 Å². The molecular weight excluding hydrogens is 300 g/mol. The van der Waals surface area contributed by atoms with Crippen molar-refractivity contribution in [3.05, 3.63) is 74.8 Å². The van der Waals surface area contributed by atoms with E-state index in [9.17, 15) is 18.9 Å². The molecule has 6 heteroatoms. The van der Waals surface area contributed by atoms with Crippen LogP contribution in [0.4, 0.5) is 14.5 Å². The molecule has 1 atom stereocenters. The van der Waals surface area contributed by atoms with Gasteiger partial charge in [-0.15, -0.1) is 11.6 Å². The lowest BCUT2D eigenvalue weighted by Crippen LogP contribution is -2.03. The van der Waals surface area contributed by atoms with Crippen molar-refractivity contribution >= 4 is 17.3 Å². The van der Waals surface area contributed by atoms with E-state index in [1.807, 2.05) is 0 Å². The van der Waals surface area contributed by atoms with E-state index in [0.717, 1.165) is 6.07 Å². The van der Waals surface area contributed by atoms with Crippen LogP contribution in [-0.4, -0.2) is 4.92 Å². The molecule has 0 spiro atoms. The lowest BCUT2D eigenvalue weighted by molar-refractivity contribution is -0.385. The standard InChI is InChI=1S/C15H12ClF2NO2/c1-9-6-11(14(18)8-13(9)17)12(16)7-10-4-2-3-5-15(10)19(20)21/h2-6,8,12H,7H2,1H3. The van der Waals surface area contributed by atoms with Gasteiger partial charge in [0.15, 0.2) is 0 Å². The number of aryl methyl sites for hydroxylation is 1. The first-order valence-electron chi connectivity index (χ1n) is 6.22. The number of para-hydroxylation sites is 1. The van der Waals surface area contributed by atoms with Gasteiger partial charge < -0.3 is 0 Å². The van der Waals surface area contributed by atoms with Crippen molar-refractivity contribution in [2.24, 2.45) is 0 Å². The average Bonchev–Trinajstić information content (AvgIpc) is 2.43. The summed E-state index contributed by atoms with van der Waals surface area (Å²) in [4.78, 5) is 10.4. The highest BCUT2D eigenvalue weighted by molar-refractivity contribution is 6.21. The van der Waals surface area contributed by atoms with E-state index < -0.39 is 21.9 Å². The van der Waals surface area contributed by atoms with Gasteiger partial charge in [-0.3, -0.25) is 10.1 Å². The van der Waals surface area contributed by atoms with E-state index in [1.165, 1.54) is 19.1 Å². The highest BCUT2D eigenvalue weighted by Gasteiger charge is 2.20. The molecule has 1 unspecified atom stereocenters. The van der Waals surface area contributed by atoms with Gasteiger partial charge in [0, 0.05) is 23.3 Å². The molecule has 21 heavy (non-hydrogen) atoms. The number of benzene rings is 2. The van der Waals surface area contributed by atoms with Crippen LogP contribution in [0.25, 0.3) is 0 Å². The molecule has 0 fully saturated rings. The number of nitro benzene ring substituents is 1. The fraction of sp³-hybridized carbons (Fsp3) is 0.200. The molecule has 0 saturated carbocycles. The van der Waals surface area contributed by atoms with Crippen LogP contribution in [0.5, 0.6) is 0 Å². The van der Waals surface area contributed by atoms with Crippen molar-refractivity contribution < 1.29 is 13.7 Å². The highest BCUT2D eigenvalue weighted by Crippen LogP contribution is 2.31. The van der Waals surface area contributed by atoms with Crippen molar-refractivity contribution in [1.29, 1.82) is 0 Å². The summed E-state index contributed by atoms with van der Waals surface area (Å²) in [5, 5.41) is 10.1. The third-order valence-electron chi connectivity index (χ3n) is 3.20. The normalized spacial score (nSPS) is 12.2. The Morgan fingerprint density at radius 3 is 2.57 bits per heavy atom. The van der Waals surface area contributed by atoms with Crippen molar-refractivity contribution in [1.82, 2.24) is 0 Å². The van der Waals surface area contributed by atoms with Crippen molar-refractivity contribution in [3.63, 3.8) is 0 Å². The molecule has 0 radical (unpaired) electrons. The number of alkyl halides is 1. The molecular formula is C15H12ClF2NO2. The molecule has 2 aromatic rings. The molecule has 110 valence electrons. The van der Waals surface area contributed by atoms with E-state index in [0.29, 0.717) is 5.56 Å². The molecule has 0 aliphatic heterocycles. The fourth-order valence-corrected chi connectivity index (χ4v) is 2.42.